The molecule has 1 aromatic carbocycles. The van der Waals surface area contributed by atoms with Crippen LogP contribution < -0.4 is 0 Å². The van der Waals surface area contributed by atoms with Crippen molar-refractivity contribution in [2.45, 2.75) is 52.0 Å². The van der Waals surface area contributed by atoms with E-state index >= 15 is 0 Å². The molecular weight excluding hydrogens is 388 g/mol. The monoisotopic (exact) mass is 420 g/mol. The molecule has 2 amide bonds. The van der Waals surface area contributed by atoms with Crippen molar-refractivity contribution >= 4 is 11.8 Å². The van der Waals surface area contributed by atoms with Crippen LogP contribution in [0.5, 0.6) is 0 Å². The molecule has 164 valence electrons. The number of hydrogen-bond donors (Lipinski definition) is 0. The second-order valence-electron chi connectivity index (χ2n) is 10.0. The van der Waals surface area contributed by atoms with Crippen LogP contribution in [0.3, 0.4) is 0 Å². The number of nitrogens with zero attached hydrogens (tertiary/aromatic N) is 4. The van der Waals surface area contributed by atoms with Crippen molar-refractivity contribution in [2.24, 2.45) is 11.3 Å². The van der Waals surface area contributed by atoms with E-state index in [9.17, 15) is 9.59 Å². The van der Waals surface area contributed by atoms with Gasteiger partial charge < -0.3 is 14.4 Å². The minimum atomic E-state index is -0.550. The van der Waals surface area contributed by atoms with E-state index in [1.54, 1.807) is 0 Å². The summed E-state index contributed by atoms with van der Waals surface area (Å²) in [5, 5.41) is 0. The summed E-state index contributed by atoms with van der Waals surface area (Å²) in [7, 11) is 0. The average Bonchev–Trinajstić information content (AvgIpc) is 3.17. The lowest BCUT2D eigenvalue weighted by atomic mass is 9.75. The lowest BCUT2D eigenvalue weighted by molar-refractivity contribution is -0.136. The number of likely N-dealkylation sites (tertiary alicyclic amines) is 2. The molecular formula is C25H32N4O2. The van der Waals surface area contributed by atoms with Gasteiger partial charge in [0, 0.05) is 49.9 Å². The molecule has 3 fully saturated rings. The third-order valence-electron chi connectivity index (χ3n) is 7.42. The summed E-state index contributed by atoms with van der Waals surface area (Å²) in [5.41, 5.74) is 2.21. The highest BCUT2D eigenvalue weighted by atomic mass is 16.2. The molecule has 2 aliphatic heterocycles. The Bertz CT molecular complexity index is 991. The van der Waals surface area contributed by atoms with E-state index < -0.39 is 5.41 Å². The number of carbonyl (C=O) groups is 2. The number of amides is 2. The van der Waals surface area contributed by atoms with Crippen LogP contribution in [-0.4, -0.2) is 57.3 Å². The van der Waals surface area contributed by atoms with Crippen molar-refractivity contribution < 1.29 is 9.59 Å². The standard InChI is InChI=1S/C25H32N4O2/c1-17(2)29-14-22(26-16-29)21-13-28(23(30)20-8-4-18(3)5-9-20)15-25(21)10-11-27(24(25)31)12-19-6-7-19/h4-5,8-9,14,16-17,19,21H,6-7,10-13,15H2,1-3H3/t21-,25+/m1/s1. The van der Waals surface area contributed by atoms with Crippen LogP contribution >= 0.6 is 0 Å². The number of imidazole rings is 1. The third kappa shape index (κ3) is 3.56. The fraction of sp³-hybridized carbons (Fsp3) is 0.560. The van der Waals surface area contributed by atoms with Gasteiger partial charge in [0.2, 0.25) is 5.91 Å². The van der Waals surface area contributed by atoms with Crippen molar-refractivity contribution in [3.8, 4) is 0 Å². The van der Waals surface area contributed by atoms with Gasteiger partial charge in [-0.25, -0.2) is 4.98 Å². The van der Waals surface area contributed by atoms with Crippen LogP contribution in [0.1, 0.15) is 66.7 Å². The van der Waals surface area contributed by atoms with Crippen LogP contribution in [0.25, 0.3) is 0 Å². The lowest BCUT2D eigenvalue weighted by Gasteiger charge is -2.28. The SMILES string of the molecule is Cc1ccc(C(=O)N2C[C@H](c3cn(C(C)C)cn3)[C@]3(CCN(CC4CC4)C3=O)C2)cc1. The molecule has 3 heterocycles. The van der Waals surface area contributed by atoms with Crippen molar-refractivity contribution in [3.05, 3.63) is 53.6 Å². The quantitative estimate of drug-likeness (QED) is 0.742. The highest BCUT2D eigenvalue weighted by molar-refractivity contribution is 5.96. The maximum Gasteiger partial charge on any atom is 0.253 e. The molecule has 1 aromatic heterocycles. The van der Waals surface area contributed by atoms with Gasteiger partial charge in [-0.05, 0) is 58.1 Å². The van der Waals surface area contributed by atoms with E-state index in [0.717, 1.165) is 30.8 Å². The second kappa shape index (κ2) is 7.50. The van der Waals surface area contributed by atoms with Crippen molar-refractivity contribution in [1.82, 2.24) is 19.4 Å². The molecule has 2 saturated heterocycles. The summed E-state index contributed by atoms with van der Waals surface area (Å²) in [6, 6.07) is 8.04. The van der Waals surface area contributed by atoms with Gasteiger partial charge in [0.25, 0.3) is 5.91 Å². The first-order valence-corrected chi connectivity index (χ1v) is 11.6. The van der Waals surface area contributed by atoms with E-state index in [4.69, 9.17) is 4.98 Å². The van der Waals surface area contributed by atoms with Gasteiger partial charge in [0.05, 0.1) is 17.4 Å². The number of aryl methyl sites for hydroxylation is 1. The highest BCUT2D eigenvalue weighted by Gasteiger charge is 2.59. The molecule has 3 aliphatic rings. The van der Waals surface area contributed by atoms with Crippen LogP contribution in [0, 0.1) is 18.3 Å². The van der Waals surface area contributed by atoms with Crippen LogP contribution in [0.4, 0.5) is 0 Å². The van der Waals surface area contributed by atoms with Crippen molar-refractivity contribution in [2.75, 3.05) is 26.2 Å². The van der Waals surface area contributed by atoms with Crippen LogP contribution in [0.15, 0.2) is 36.8 Å². The summed E-state index contributed by atoms with van der Waals surface area (Å²) < 4.78 is 2.09. The predicted octanol–water partition coefficient (Wildman–Crippen LogP) is 3.64. The third-order valence-corrected chi connectivity index (χ3v) is 7.42. The molecule has 0 radical (unpaired) electrons. The molecule has 6 heteroatoms. The minimum Gasteiger partial charge on any atom is -0.342 e. The predicted molar refractivity (Wildman–Crippen MR) is 119 cm³/mol. The fourth-order valence-electron chi connectivity index (χ4n) is 5.25. The molecule has 0 bridgehead atoms. The average molecular weight is 421 g/mol. The summed E-state index contributed by atoms with van der Waals surface area (Å²) in [6.07, 6.45) is 7.21. The zero-order valence-electron chi connectivity index (χ0n) is 18.8. The van der Waals surface area contributed by atoms with Gasteiger partial charge in [-0.1, -0.05) is 17.7 Å². The highest BCUT2D eigenvalue weighted by Crippen LogP contribution is 2.50. The Labute approximate surface area is 184 Å². The van der Waals surface area contributed by atoms with Gasteiger partial charge in [-0.15, -0.1) is 0 Å². The summed E-state index contributed by atoms with van der Waals surface area (Å²) in [5.74, 6) is 0.851. The number of carbonyl (C=O) groups excluding carboxylic acids is 2. The summed E-state index contributed by atoms with van der Waals surface area (Å²) in [4.78, 5) is 35.7. The Balaban J connectivity index is 1.46. The first kappa shape index (κ1) is 20.3. The lowest BCUT2D eigenvalue weighted by Crippen LogP contribution is -2.41. The minimum absolute atomic E-state index is 0.0126. The maximum absolute atomic E-state index is 13.7. The molecule has 6 nitrogen and oxygen atoms in total. The topological polar surface area (TPSA) is 58.4 Å². The van der Waals surface area contributed by atoms with Crippen LogP contribution in [-0.2, 0) is 4.79 Å². The Morgan fingerprint density at radius 1 is 1.23 bits per heavy atom. The van der Waals surface area contributed by atoms with Gasteiger partial charge in [-0.3, -0.25) is 9.59 Å². The zero-order chi connectivity index (χ0) is 21.8. The fourth-order valence-corrected chi connectivity index (χ4v) is 5.25. The Morgan fingerprint density at radius 3 is 2.61 bits per heavy atom. The van der Waals surface area contributed by atoms with E-state index in [1.807, 2.05) is 42.4 Å². The maximum atomic E-state index is 13.7. The number of benzene rings is 1. The number of hydrogen-bond acceptors (Lipinski definition) is 3. The Kier molecular flexibility index (Phi) is 4.91. The summed E-state index contributed by atoms with van der Waals surface area (Å²) >= 11 is 0. The first-order valence-electron chi connectivity index (χ1n) is 11.6. The van der Waals surface area contributed by atoms with E-state index in [-0.39, 0.29) is 17.7 Å². The molecule has 0 unspecified atom stereocenters. The van der Waals surface area contributed by atoms with Crippen LogP contribution in [0.2, 0.25) is 0 Å². The van der Waals surface area contributed by atoms with Crippen molar-refractivity contribution in [1.29, 1.82) is 0 Å². The molecule has 5 rings (SSSR count). The smallest absolute Gasteiger partial charge is 0.253 e. The molecule has 1 aliphatic carbocycles. The molecule has 0 N–H and O–H groups in total. The first-order chi connectivity index (χ1) is 14.9. The van der Waals surface area contributed by atoms with E-state index in [1.165, 1.54) is 12.8 Å². The van der Waals surface area contributed by atoms with E-state index in [0.29, 0.717) is 30.6 Å². The molecule has 2 atom stereocenters. The second-order valence-corrected chi connectivity index (χ2v) is 10.0. The van der Waals surface area contributed by atoms with Crippen molar-refractivity contribution in [3.63, 3.8) is 0 Å². The molecule has 2 aromatic rings. The molecule has 31 heavy (non-hydrogen) atoms. The largest absolute Gasteiger partial charge is 0.342 e. The number of rotatable bonds is 5. The zero-order valence-corrected chi connectivity index (χ0v) is 18.8. The Hall–Kier alpha value is -2.63. The van der Waals surface area contributed by atoms with E-state index in [2.05, 4.69) is 29.5 Å². The normalized spacial score (nSPS) is 25.9. The Morgan fingerprint density at radius 2 is 1.97 bits per heavy atom. The van der Waals surface area contributed by atoms with Gasteiger partial charge in [0.1, 0.15) is 0 Å². The van der Waals surface area contributed by atoms with Gasteiger partial charge in [0.15, 0.2) is 0 Å². The van der Waals surface area contributed by atoms with Gasteiger partial charge in [-0.2, -0.15) is 0 Å². The number of aromatic nitrogens is 2. The molecule has 1 saturated carbocycles. The summed E-state index contributed by atoms with van der Waals surface area (Å²) in [6.45, 7) is 8.97. The molecule has 1 spiro atoms. The van der Waals surface area contributed by atoms with Gasteiger partial charge >= 0.3 is 0 Å².